The van der Waals surface area contributed by atoms with Crippen LogP contribution in [0.4, 0.5) is 0 Å². The van der Waals surface area contributed by atoms with Gasteiger partial charge in [0.1, 0.15) is 28.2 Å². The molecule has 1 atom stereocenters. The second-order valence-corrected chi connectivity index (χ2v) is 9.16. The van der Waals surface area contributed by atoms with Gasteiger partial charge in [-0.05, 0) is 38.0 Å². The van der Waals surface area contributed by atoms with Crippen LogP contribution in [-0.2, 0) is 4.74 Å². The molecular formula is C26H28N4O6. The van der Waals surface area contributed by atoms with Gasteiger partial charge >= 0.3 is 0 Å². The fourth-order valence-corrected chi connectivity index (χ4v) is 4.91. The normalized spacial score (nSPS) is 17.8. The molecule has 4 aromatic rings. The zero-order chi connectivity index (χ0) is 25.6. The predicted molar refractivity (Wildman–Crippen MR) is 132 cm³/mol. The summed E-state index contributed by atoms with van der Waals surface area (Å²) in [4.78, 5) is 27.2. The Morgan fingerprint density at radius 2 is 2.08 bits per heavy atom. The summed E-state index contributed by atoms with van der Waals surface area (Å²) in [5.41, 5.74) is 1.87. The molecule has 0 spiro atoms. The molecule has 1 unspecified atom stereocenters. The number of carbonyl (C=O) groups excluding carboxylic acids is 2. The average molecular weight is 493 g/mol. The molecule has 4 heterocycles. The van der Waals surface area contributed by atoms with E-state index in [0.29, 0.717) is 57.8 Å². The second-order valence-electron chi connectivity index (χ2n) is 9.16. The number of nitrogens with one attached hydrogen (secondary N) is 1. The first-order valence-corrected chi connectivity index (χ1v) is 11.7. The van der Waals surface area contributed by atoms with Crippen LogP contribution in [0.5, 0.6) is 11.5 Å². The van der Waals surface area contributed by atoms with Crippen LogP contribution in [0, 0.1) is 13.8 Å². The van der Waals surface area contributed by atoms with Crippen LogP contribution < -0.4 is 10.1 Å². The zero-order valence-electron chi connectivity index (χ0n) is 20.6. The molecule has 0 bridgehead atoms. The molecule has 10 heteroatoms. The summed E-state index contributed by atoms with van der Waals surface area (Å²) >= 11 is 0. The van der Waals surface area contributed by atoms with Gasteiger partial charge in [0.05, 0.1) is 30.5 Å². The standard InChI is InChI=1S/C26H28N4O6/c1-15-19(25(32)29-10-8-26(33,13-29)14-34-4)12-30-23(15)20(7-9-28-30)36-17-5-6-18-21(11-17)35-16(2)22(18)24(31)27-3/h5-7,9,11-12,33H,8,10,13-14H2,1-4H3,(H,27,31). The first kappa shape index (κ1) is 23.8. The number of likely N-dealkylation sites (tertiary alicyclic amines) is 1. The number of aryl methyl sites for hydroxylation is 2. The minimum Gasteiger partial charge on any atom is -0.460 e. The third-order valence-corrected chi connectivity index (χ3v) is 6.67. The van der Waals surface area contributed by atoms with Crippen LogP contribution in [-0.4, -0.2) is 70.9 Å². The van der Waals surface area contributed by atoms with Gasteiger partial charge in [0.25, 0.3) is 11.8 Å². The van der Waals surface area contributed by atoms with Crippen molar-refractivity contribution in [2.75, 3.05) is 33.9 Å². The van der Waals surface area contributed by atoms with E-state index in [1.165, 1.54) is 7.11 Å². The molecule has 1 aliphatic heterocycles. The van der Waals surface area contributed by atoms with E-state index in [-0.39, 0.29) is 25.0 Å². The van der Waals surface area contributed by atoms with Crippen LogP contribution in [0.25, 0.3) is 16.5 Å². The topological polar surface area (TPSA) is 119 Å². The van der Waals surface area contributed by atoms with Gasteiger partial charge in [-0.25, -0.2) is 4.52 Å². The molecule has 1 saturated heterocycles. The molecule has 3 aromatic heterocycles. The lowest BCUT2D eigenvalue weighted by molar-refractivity contribution is -0.0215. The van der Waals surface area contributed by atoms with E-state index >= 15 is 0 Å². The number of aliphatic hydroxyl groups is 1. The lowest BCUT2D eigenvalue weighted by atomic mass is 10.1. The molecule has 1 aliphatic rings. The van der Waals surface area contributed by atoms with Gasteiger partial charge in [0, 0.05) is 44.4 Å². The Morgan fingerprint density at radius 3 is 2.83 bits per heavy atom. The largest absolute Gasteiger partial charge is 0.460 e. The van der Waals surface area contributed by atoms with Gasteiger partial charge in [0.15, 0.2) is 5.75 Å². The second kappa shape index (κ2) is 8.96. The van der Waals surface area contributed by atoms with Gasteiger partial charge in [-0.15, -0.1) is 0 Å². The third-order valence-electron chi connectivity index (χ3n) is 6.67. The minimum absolute atomic E-state index is 0.176. The van der Waals surface area contributed by atoms with Crippen LogP contribution in [0.15, 0.2) is 41.1 Å². The Hall–Kier alpha value is -3.89. The average Bonchev–Trinajstić information content (AvgIpc) is 3.51. The molecule has 2 N–H and O–H groups in total. The molecule has 188 valence electrons. The number of furan rings is 1. The number of ether oxygens (including phenoxy) is 2. The molecule has 10 nitrogen and oxygen atoms in total. The quantitative estimate of drug-likeness (QED) is 0.425. The van der Waals surface area contributed by atoms with E-state index < -0.39 is 5.60 Å². The molecule has 0 saturated carbocycles. The fraction of sp³-hybridized carbons (Fsp3) is 0.346. The van der Waals surface area contributed by atoms with Crippen molar-refractivity contribution in [2.24, 2.45) is 0 Å². The molecule has 1 aromatic carbocycles. The van der Waals surface area contributed by atoms with Crippen molar-refractivity contribution in [2.45, 2.75) is 25.9 Å². The Morgan fingerprint density at radius 1 is 1.28 bits per heavy atom. The maximum Gasteiger partial charge on any atom is 0.255 e. The van der Waals surface area contributed by atoms with Crippen LogP contribution in [0.1, 0.15) is 38.5 Å². The summed E-state index contributed by atoms with van der Waals surface area (Å²) in [6.07, 6.45) is 3.74. The monoisotopic (exact) mass is 492 g/mol. The van der Waals surface area contributed by atoms with E-state index in [2.05, 4.69) is 10.4 Å². The number of benzene rings is 1. The van der Waals surface area contributed by atoms with E-state index in [0.717, 1.165) is 5.56 Å². The maximum absolute atomic E-state index is 13.3. The van der Waals surface area contributed by atoms with Crippen molar-refractivity contribution in [1.29, 1.82) is 0 Å². The van der Waals surface area contributed by atoms with Crippen molar-refractivity contribution in [1.82, 2.24) is 19.8 Å². The maximum atomic E-state index is 13.3. The molecule has 1 fully saturated rings. The lowest BCUT2D eigenvalue weighted by Crippen LogP contribution is -2.39. The third kappa shape index (κ3) is 3.98. The molecule has 36 heavy (non-hydrogen) atoms. The summed E-state index contributed by atoms with van der Waals surface area (Å²) in [6, 6.07) is 7.03. The number of carbonyl (C=O) groups is 2. The van der Waals surface area contributed by atoms with Crippen molar-refractivity contribution >= 4 is 28.3 Å². The van der Waals surface area contributed by atoms with E-state index in [9.17, 15) is 14.7 Å². The zero-order valence-corrected chi connectivity index (χ0v) is 20.6. The fourth-order valence-electron chi connectivity index (χ4n) is 4.91. The van der Waals surface area contributed by atoms with Crippen LogP contribution in [0.2, 0.25) is 0 Å². The van der Waals surface area contributed by atoms with Crippen molar-refractivity contribution in [3.8, 4) is 11.5 Å². The number of methoxy groups -OCH3 is 1. The predicted octanol–water partition coefficient (Wildman–Crippen LogP) is 3.07. The molecule has 0 aliphatic carbocycles. The van der Waals surface area contributed by atoms with Crippen LogP contribution >= 0.6 is 0 Å². The summed E-state index contributed by atoms with van der Waals surface area (Å²) in [5, 5.41) is 18.3. The van der Waals surface area contributed by atoms with E-state index in [1.54, 1.807) is 60.0 Å². The van der Waals surface area contributed by atoms with Gasteiger partial charge < -0.3 is 29.2 Å². The highest BCUT2D eigenvalue weighted by Gasteiger charge is 2.39. The Labute approximate surface area is 207 Å². The molecular weight excluding hydrogens is 464 g/mol. The SMILES string of the molecule is CNC(=O)c1c(C)oc2cc(Oc3ccnn4cc(C(=O)N5CCC(O)(COC)C5)c(C)c34)ccc12. The van der Waals surface area contributed by atoms with Crippen LogP contribution in [0.3, 0.4) is 0 Å². The molecule has 2 amide bonds. The Kier molecular flexibility index (Phi) is 5.93. The summed E-state index contributed by atoms with van der Waals surface area (Å²) in [5.74, 6) is 1.18. The Bertz CT molecular complexity index is 1490. The highest BCUT2D eigenvalue weighted by atomic mass is 16.5. The number of nitrogens with zero attached hydrogens (tertiary/aromatic N) is 3. The van der Waals surface area contributed by atoms with Crippen molar-refractivity contribution < 1.29 is 28.6 Å². The number of hydrogen-bond donors (Lipinski definition) is 2. The van der Waals surface area contributed by atoms with Crippen molar-refractivity contribution in [3.05, 3.63) is 59.1 Å². The van der Waals surface area contributed by atoms with Gasteiger partial charge in [-0.1, -0.05) is 0 Å². The number of rotatable bonds is 6. The van der Waals surface area contributed by atoms with Gasteiger partial charge in [-0.3, -0.25) is 9.59 Å². The first-order chi connectivity index (χ1) is 17.2. The summed E-state index contributed by atoms with van der Waals surface area (Å²) in [7, 11) is 3.11. The van der Waals surface area contributed by atoms with E-state index in [4.69, 9.17) is 13.9 Å². The number of fused-ring (bicyclic) bond motifs is 2. The highest BCUT2D eigenvalue weighted by Crippen LogP contribution is 2.34. The molecule has 0 radical (unpaired) electrons. The smallest absolute Gasteiger partial charge is 0.255 e. The number of amides is 2. The van der Waals surface area contributed by atoms with Gasteiger partial charge in [0.2, 0.25) is 0 Å². The van der Waals surface area contributed by atoms with Crippen molar-refractivity contribution in [3.63, 3.8) is 0 Å². The van der Waals surface area contributed by atoms with E-state index in [1.807, 2.05) is 6.92 Å². The Balaban J connectivity index is 1.46. The lowest BCUT2D eigenvalue weighted by Gasteiger charge is -2.22. The summed E-state index contributed by atoms with van der Waals surface area (Å²) < 4.78 is 18.7. The number of hydrogen-bond acceptors (Lipinski definition) is 7. The molecule has 5 rings (SSSR count). The highest BCUT2D eigenvalue weighted by molar-refractivity contribution is 6.07. The minimum atomic E-state index is -1.04. The number of β-amino-alcohol motifs (C(OH)–C–C–N with tert-alkyl or cyclic N) is 1. The summed E-state index contributed by atoms with van der Waals surface area (Å²) in [6.45, 7) is 4.43. The van der Waals surface area contributed by atoms with Gasteiger partial charge in [-0.2, -0.15) is 5.10 Å². The number of aromatic nitrogens is 2. The first-order valence-electron chi connectivity index (χ1n) is 11.7.